The highest BCUT2D eigenvalue weighted by Crippen LogP contribution is 2.26. The molecule has 0 aromatic carbocycles. The van der Waals surface area contributed by atoms with Crippen molar-refractivity contribution in [1.82, 2.24) is 4.57 Å². The molecule has 0 bridgehead atoms. The minimum atomic E-state index is -1.81. The molecule has 1 N–H and O–H groups in total. The molecule has 17 nitrogen and oxygen atoms in total. The van der Waals surface area contributed by atoms with Crippen LogP contribution in [0.4, 0.5) is 0 Å². The molecule has 0 aliphatic carbocycles. The molecule has 1 atom stereocenters. The van der Waals surface area contributed by atoms with Gasteiger partial charge in [-0.05, 0) is 50.9 Å². The predicted molar refractivity (Wildman–Crippen MR) is 113 cm³/mol. The van der Waals surface area contributed by atoms with E-state index in [1.807, 2.05) is 0 Å². The van der Waals surface area contributed by atoms with Crippen molar-refractivity contribution in [2.75, 3.05) is 26.2 Å². The van der Waals surface area contributed by atoms with Gasteiger partial charge in [-0.3, -0.25) is 9.36 Å². The first-order chi connectivity index (χ1) is 15.3. The Balaban J connectivity index is 3.43. The normalized spacial score (nSPS) is 12.5. The fourth-order valence-electron chi connectivity index (χ4n) is 2.54. The molecule has 0 radical (unpaired) electrons. The molecule has 1 unspecified atom stereocenters. The van der Waals surface area contributed by atoms with Crippen LogP contribution in [0.2, 0.25) is 0 Å². The smallest absolute Gasteiger partial charge is 0.329 e. The predicted octanol–water partition coefficient (Wildman–Crippen LogP) is 4.16. The average molecular weight is 510 g/mol. The summed E-state index contributed by atoms with van der Waals surface area (Å²) >= 11 is 3.00. The molecule has 0 aliphatic heterocycles. The molecule has 168 valence electrons. The van der Waals surface area contributed by atoms with E-state index in [1.54, 1.807) is 0 Å². The number of esters is 1. The average Bonchev–Trinajstić information content (AvgIpc) is 2.77. The van der Waals surface area contributed by atoms with Crippen LogP contribution in [0.5, 0.6) is 5.75 Å². The number of hydrogen-bond donors (Lipinski definition) is 1. The van der Waals surface area contributed by atoms with E-state index in [-0.39, 0.29) is 29.6 Å². The van der Waals surface area contributed by atoms with E-state index < -0.39 is 42.8 Å². The van der Waals surface area contributed by atoms with E-state index in [1.165, 1.54) is 0 Å². The molecule has 1 rings (SSSR count). The summed E-state index contributed by atoms with van der Waals surface area (Å²) in [5.41, 5.74) is 31.9. The van der Waals surface area contributed by atoms with Crippen molar-refractivity contribution in [1.29, 1.82) is 0 Å². The van der Waals surface area contributed by atoms with Crippen LogP contribution in [0.25, 0.3) is 41.8 Å². The van der Waals surface area contributed by atoms with Crippen molar-refractivity contribution in [3.8, 4) is 5.75 Å². The maximum atomic E-state index is 13.1. The Bertz CT molecular complexity index is 1030. The molecule has 1 aromatic heterocycles. The molecular formula is C14H16BrN13O4. The van der Waals surface area contributed by atoms with Gasteiger partial charge >= 0.3 is 5.97 Å². The highest BCUT2D eigenvalue weighted by molar-refractivity contribution is 9.10. The molecule has 0 aliphatic rings. The molecule has 32 heavy (non-hydrogen) atoms. The van der Waals surface area contributed by atoms with E-state index in [2.05, 4.69) is 56.0 Å². The summed E-state index contributed by atoms with van der Waals surface area (Å²) in [5, 5.41) is 23.3. The molecule has 0 fully saturated rings. The first-order valence-electron chi connectivity index (χ1n) is 8.71. The summed E-state index contributed by atoms with van der Waals surface area (Å²) in [4.78, 5) is 35.9. The van der Waals surface area contributed by atoms with E-state index in [9.17, 15) is 14.7 Å². The second-order valence-corrected chi connectivity index (χ2v) is 6.99. The van der Waals surface area contributed by atoms with Gasteiger partial charge in [0, 0.05) is 32.3 Å². The van der Waals surface area contributed by atoms with E-state index in [0.29, 0.717) is 0 Å². The molecule has 0 spiro atoms. The Morgan fingerprint density at radius 3 is 2.12 bits per heavy atom. The Morgan fingerprint density at radius 1 is 1.09 bits per heavy atom. The van der Waals surface area contributed by atoms with Crippen molar-refractivity contribution < 1.29 is 14.6 Å². The van der Waals surface area contributed by atoms with Gasteiger partial charge in [-0.15, -0.1) is 0 Å². The van der Waals surface area contributed by atoms with Crippen molar-refractivity contribution in [2.24, 2.45) is 20.5 Å². The number of ether oxygens (including phenoxy) is 1. The van der Waals surface area contributed by atoms with Gasteiger partial charge in [0.25, 0.3) is 5.56 Å². The van der Waals surface area contributed by atoms with Crippen LogP contribution >= 0.6 is 15.9 Å². The number of aromatic hydroxyl groups is 1. The highest BCUT2D eigenvalue weighted by Gasteiger charge is 2.36. The minimum Gasteiger partial charge on any atom is -0.505 e. The van der Waals surface area contributed by atoms with Gasteiger partial charge in [0.15, 0.2) is 0 Å². The van der Waals surface area contributed by atoms with Crippen LogP contribution in [0.1, 0.15) is 18.9 Å². The molecule has 1 heterocycles. The number of halogens is 1. The van der Waals surface area contributed by atoms with Crippen molar-refractivity contribution >= 4 is 21.9 Å². The van der Waals surface area contributed by atoms with Crippen molar-refractivity contribution in [3.05, 3.63) is 68.9 Å². The maximum Gasteiger partial charge on any atom is 0.329 e. The Hall–Kier alpha value is -4.06. The zero-order chi connectivity index (χ0) is 24.0. The summed E-state index contributed by atoms with van der Waals surface area (Å²) in [5.74, 6) is -1.36. The highest BCUT2D eigenvalue weighted by atomic mass is 79.9. The first kappa shape index (κ1) is 26.0. The van der Waals surface area contributed by atoms with Crippen molar-refractivity contribution in [2.45, 2.75) is 24.5 Å². The standard InChI is InChI=1S/C14H16BrN13O4/c15-9-4-12(30)28(5-11(9)29)10(2-1-3-20-24-16)13(31)32-14(6-21-25-17,7-22-26-18)8-23-27-19/h4-5,10,29H,1-3,6-8H2. The topological polar surface area (TPSA) is 264 Å². The quantitative estimate of drug-likeness (QED) is 0.134. The summed E-state index contributed by atoms with van der Waals surface area (Å²) < 4.78 is 6.47. The van der Waals surface area contributed by atoms with Gasteiger partial charge in [0.05, 0.1) is 30.3 Å². The van der Waals surface area contributed by atoms with Crippen LogP contribution < -0.4 is 5.56 Å². The fraction of sp³-hybridized carbons (Fsp3) is 0.571. The number of aromatic nitrogens is 1. The molecule has 0 saturated carbocycles. The monoisotopic (exact) mass is 509 g/mol. The van der Waals surface area contributed by atoms with Crippen LogP contribution in [0.3, 0.4) is 0 Å². The fourth-order valence-corrected chi connectivity index (χ4v) is 2.84. The zero-order valence-electron chi connectivity index (χ0n) is 16.3. The number of rotatable bonds is 13. The third-order valence-corrected chi connectivity index (χ3v) is 4.64. The summed E-state index contributed by atoms with van der Waals surface area (Å²) in [6.45, 7) is -1.57. The Kier molecular flexibility index (Phi) is 10.8. The summed E-state index contributed by atoms with van der Waals surface area (Å²) in [7, 11) is 0. The molecular weight excluding hydrogens is 494 g/mol. The molecule has 0 saturated heterocycles. The Morgan fingerprint density at radius 2 is 1.62 bits per heavy atom. The lowest BCUT2D eigenvalue weighted by Gasteiger charge is -2.31. The van der Waals surface area contributed by atoms with Crippen molar-refractivity contribution in [3.63, 3.8) is 0 Å². The number of azide groups is 4. The van der Waals surface area contributed by atoms with E-state index in [0.717, 1.165) is 16.8 Å². The lowest BCUT2D eigenvalue weighted by atomic mass is 10.0. The number of hydrogen-bond acceptors (Lipinski definition) is 8. The number of pyridine rings is 1. The van der Waals surface area contributed by atoms with Crippen LogP contribution in [-0.2, 0) is 9.53 Å². The molecule has 1 aromatic rings. The summed E-state index contributed by atoms with van der Waals surface area (Å²) in [6.07, 6.45) is 1.14. The van der Waals surface area contributed by atoms with Crippen LogP contribution in [0, 0.1) is 0 Å². The number of nitrogens with zero attached hydrogens (tertiary/aromatic N) is 13. The third kappa shape index (κ3) is 7.65. The lowest BCUT2D eigenvalue weighted by molar-refractivity contribution is -0.161. The third-order valence-electron chi connectivity index (χ3n) is 4.00. The summed E-state index contributed by atoms with van der Waals surface area (Å²) in [6, 6.07) is -0.270. The SMILES string of the molecule is [N-]=[N+]=NCCCC(C(=O)OC(CN=[N+]=[N-])(CN=[N+]=[N-])CN=[N+]=[N-])n1cc(O)c(Br)cc1=O. The number of carbonyl (C=O) groups excluding carboxylic acids is 1. The first-order valence-corrected chi connectivity index (χ1v) is 9.50. The van der Waals surface area contributed by atoms with Gasteiger partial charge in [0.2, 0.25) is 0 Å². The van der Waals surface area contributed by atoms with Crippen LogP contribution in [-0.4, -0.2) is 47.4 Å². The van der Waals surface area contributed by atoms with Crippen LogP contribution in [0.15, 0.2) is 42.0 Å². The lowest BCUT2D eigenvalue weighted by Crippen LogP contribution is -2.46. The van der Waals surface area contributed by atoms with E-state index in [4.69, 9.17) is 26.9 Å². The van der Waals surface area contributed by atoms with Gasteiger partial charge in [-0.1, -0.05) is 20.5 Å². The maximum absolute atomic E-state index is 13.1. The largest absolute Gasteiger partial charge is 0.505 e. The van der Waals surface area contributed by atoms with E-state index >= 15 is 0 Å². The van der Waals surface area contributed by atoms with Gasteiger partial charge in [0.1, 0.15) is 17.4 Å². The molecule has 0 amide bonds. The second-order valence-electron chi connectivity index (χ2n) is 6.14. The Labute approximate surface area is 187 Å². The van der Waals surface area contributed by atoms with Gasteiger partial charge in [-0.2, -0.15) is 0 Å². The minimum absolute atomic E-state index is 0.0128. The molecule has 18 heteroatoms. The number of carbonyl (C=O) groups is 1. The van der Waals surface area contributed by atoms with Gasteiger partial charge in [-0.25, -0.2) is 4.79 Å². The second kappa shape index (κ2) is 13.3. The zero-order valence-corrected chi connectivity index (χ0v) is 17.9. The van der Waals surface area contributed by atoms with Gasteiger partial charge < -0.3 is 9.84 Å².